The standard InChI is InChI=1S/C17H22N4O2/c1-17(2)12-20(13-6-4-3-5-7-13)10-11-21(17)16(23)14-8-9-15(22)19-18-14/h3-7H,8-12H2,1-2H3,(H,19,22). The number of amides is 2. The predicted octanol–water partition coefficient (Wildman–Crippen LogP) is 1.38. The number of piperazine rings is 1. The Balaban J connectivity index is 1.73. The van der Waals surface area contributed by atoms with Crippen molar-refractivity contribution < 1.29 is 9.59 Å². The molecule has 0 saturated carbocycles. The zero-order valence-corrected chi connectivity index (χ0v) is 13.6. The highest BCUT2D eigenvalue weighted by molar-refractivity contribution is 6.39. The summed E-state index contributed by atoms with van der Waals surface area (Å²) in [5, 5.41) is 3.94. The van der Waals surface area contributed by atoms with E-state index in [4.69, 9.17) is 0 Å². The van der Waals surface area contributed by atoms with Gasteiger partial charge in [0.15, 0.2) is 0 Å². The van der Waals surface area contributed by atoms with E-state index in [-0.39, 0.29) is 17.4 Å². The Morgan fingerprint density at radius 2 is 1.91 bits per heavy atom. The summed E-state index contributed by atoms with van der Waals surface area (Å²) in [6.07, 6.45) is 0.745. The summed E-state index contributed by atoms with van der Waals surface area (Å²) in [6, 6.07) is 10.2. The molecule has 0 unspecified atom stereocenters. The van der Waals surface area contributed by atoms with Gasteiger partial charge in [-0.15, -0.1) is 0 Å². The third-order valence-corrected chi connectivity index (χ3v) is 4.42. The molecule has 0 bridgehead atoms. The first kappa shape index (κ1) is 15.5. The van der Waals surface area contributed by atoms with Crippen LogP contribution >= 0.6 is 0 Å². The number of benzene rings is 1. The quantitative estimate of drug-likeness (QED) is 0.897. The Morgan fingerprint density at radius 3 is 2.52 bits per heavy atom. The number of carbonyl (C=O) groups excluding carboxylic acids is 2. The van der Waals surface area contributed by atoms with Gasteiger partial charge in [0.2, 0.25) is 5.91 Å². The maximum absolute atomic E-state index is 12.7. The van der Waals surface area contributed by atoms with Gasteiger partial charge in [0.25, 0.3) is 5.91 Å². The van der Waals surface area contributed by atoms with Crippen LogP contribution in [0.25, 0.3) is 0 Å². The van der Waals surface area contributed by atoms with Gasteiger partial charge >= 0.3 is 0 Å². The summed E-state index contributed by atoms with van der Waals surface area (Å²) < 4.78 is 0. The number of anilines is 1. The van der Waals surface area contributed by atoms with Gasteiger partial charge in [0.1, 0.15) is 5.71 Å². The van der Waals surface area contributed by atoms with E-state index in [0.717, 1.165) is 13.1 Å². The van der Waals surface area contributed by atoms with Crippen LogP contribution in [-0.4, -0.2) is 47.6 Å². The lowest BCUT2D eigenvalue weighted by Crippen LogP contribution is -2.62. The fourth-order valence-electron chi connectivity index (χ4n) is 3.17. The fourth-order valence-corrected chi connectivity index (χ4v) is 3.17. The lowest BCUT2D eigenvalue weighted by Gasteiger charge is -2.48. The smallest absolute Gasteiger partial charge is 0.270 e. The van der Waals surface area contributed by atoms with E-state index in [0.29, 0.717) is 25.1 Å². The van der Waals surface area contributed by atoms with Crippen molar-refractivity contribution in [2.24, 2.45) is 5.10 Å². The van der Waals surface area contributed by atoms with Crippen LogP contribution in [0.5, 0.6) is 0 Å². The van der Waals surface area contributed by atoms with Crippen molar-refractivity contribution in [1.29, 1.82) is 0 Å². The van der Waals surface area contributed by atoms with E-state index in [2.05, 4.69) is 41.4 Å². The zero-order valence-electron chi connectivity index (χ0n) is 13.6. The Hall–Kier alpha value is -2.37. The molecule has 6 heteroatoms. The molecule has 2 aliphatic heterocycles. The minimum Gasteiger partial charge on any atom is -0.367 e. The van der Waals surface area contributed by atoms with Crippen LogP contribution in [0.3, 0.4) is 0 Å². The molecule has 3 rings (SSSR count). The molecule has 0 aliphatic carbocycles. The summed E-state index contributed by atoms with van der Waals surface area (Å²) in [4.78, 5) is 28.1. The highest BCUT2D eigenvalue weighted by Gasteiger charge is 2.38. The molecule has 2 aliphatic rings. The van der Waals surface area contributed by atoms with Gasteiger partial charge in [0, 0.05) is 38.2 Å². The van der Waals surface area contributed by atoms with Crippen molar-refractivity contribution in [2.75, 3.05) is 24.5 Å². The van der Waals surface area contributed by atoms with Crippen molar-refractivity contribution in [3.05, 3.63) is 30.3 Å². The average Bonchev–Trinajstić information content (AvgIpc) is 2.55. The van der Waals surface area contributed by atoms with Crippen molar-refractivity contribution in [1.82, 2.24) is 10.3 Å². The van der Waals surface area contributed by atoms with E-state index in [1.807, 2.05) is 23.1 Å². The molecule has 1 saturated heterocycles. The monoisotopic (exact) mass is 314 g/mol. The number of rotatable bonds is 2. The number of hydrazone groups is 1. The third-order valence-electron chi connectivity index (χ3n) is 4.42. The number of nitrogens with zero attached hydrogens (tertiary/aromatic N) is 3. The first-order valence-corrected chi connectivity index (χ1v) is 7.95. The van der Waals surface area contributed by atoms with Gasteiger partial charge < -0.3 is 9.80 Å². The summed E-state index contributed by atoms with van der Waals surface area (Å²) in [6.45, 7) is 6.35. The maximum atomic E-state index is 12.7. The molecule has 0 radical (unpaired) electrons. The van der Waals surface area contributed by atoms with Gasteiger partial charge in [-0.1, -0.05) is 18.2 Å². The first-order chi connectivity index (χ1) is 11.0. The number of nitrogens with one attached hydrogen (secondary N) is 1. The highest BCUT2D eigenvalue weighted by Crippen LogP contribution is 2.26. The SMILES string of the molecule is CC1(C)CN(c2ccccc2)CCN1C(=O)C1=NNC(=O)CC1. The van der Waals surface area contributed by atoms with Gasteiger partial charge in [-0.2, -0.15) is 5.10 Å². The van der Waals surface area contributed by atoms with Crippen LogP contribution in [-0.2, 0) is 9.59 Å². The summed E-state index contributed by atoms with van der Waals surface area (Å²) in [5.74, 6) is -0.197. The normalized spacial score (nSPS) is 20.8. The fraction of sp³-hybridized carbons (Fsp3) is 0.471. The van der Waals surface area contributed by atoms with Gasteiger partial charge in [0.05, 0.1) is 5.54 Å². The predicted molar refractivity (Wildman–Crippen MR) is 89.3 cm³/mol. The van der Waals surface area contributed by atoms with Crippen LogP contribution in [0.1, 0.15) is 26.7 Å². The minimum absolute atomic E-state index is 0.0669. The summed E-state index contributed by atoms with van der Waals surface area (Å²) in [5.41, 5.74) is 3.73. The van der Waals surface area contributed by atoms with Crippen molar-refractivity contribution in [3.8, 4) is 0 Å². The van der Waals surface area contributed by atoms with Crippen LogP contribution in [0.4, 0.5) is 5.69 Å². The molecule has 0 aromatic heterocycles. The molecular formula is C17H22N4O2. The molecule has 1 aromatic carbocycles. The number of hydrogen-bond donors (Lipinski definition) is 1. The molecule has 6 nitrogen and oxygen atoms in total. The zero-order chi connectivity index (χ0) is 16.4. The lowest BCUT2D eigenvalue weighted by molar-refractivity contribution is -0.130. The molecule has 0 spiro atoms. The molecule has 1 N–H and O–H groups in total. The topological polar surface area (TPSA) is 65.0 Å². The van der Waals surface area contributed by atoms with Crippen molar-refractivity contribution in [2.45, 2.75) is 32.2 Å². The van der Waals surface area contributed by atoms with Crippen molar-refractivity contribution >= 4 is 23.2 Å². The summed E-state index contributed by atoms with van der Waals surface area (Å²) in [7, 11) is 0. The van der Waals surface area contributed by atoms with Crippen LogP contribution in [0.2, 0.25) is 0 Å². The summed E-state index contributed by atoms with van der Waals surface area (Å²) >= 11 is 0. The first-order valence-electron chi connectivity index (χ1n) is 7.95. The molecule has 2 amide bonds. The van der Waals surface area contributed by atoms with Crippen LogP contribution < -0.4 is 10.3 Å². The Morgan fingerprint density at radius 1 is 1.17 bits per heavy atom. The van der Waals surface area contributed by atoms with Crippen LogP contribution in [0.15, 0.2) is 35.4 Å². The molecule has 0 atom stereocenters. The van der Waals surface area contributed by atoms with E-state index >= 15 is 0 Å². The Labute approximate surface area is 136 Å². The van der Waals surface area contributed by atoms with E-state index in [9.17, 15) is 9.59 Å². The van der Waals surface area contributed by atoms with Crippen LogP contribution in [0, 0.1) is 0 Å². The highest BCUT2D eigenvalue weighted by atomic mass is 16.2. The van der Waals surface area contributed by atoms with E-state index in [1.54, 1.807) is 0 Å². The van der Waals surface area contributed by atoms with Gasteiger partial charge in [-0.3, -0.25) is 9.59 Å². The van der Waals surface area contributed by atoms with Crippen molar-refractivity contribution in [3.63, 3.8) is 0 Å². The second-order valence-corrected chi connectivity index (χ2v) is 6.62. The Bertz CT molecular complexity index is 639. The molecule has 2 heterocycles. The molecular weight excluding hydrogens is 292 g/mol. The molecule has 122 valence electrons. The second-order valence-electron chi connectivity index (χ2n) is 6.62. The third kappa shape index (κ3) is 3.21. The lowest BCUT2D eigenvalue weighted by atomic mass is 9.96. The number of carbonyl (C=O) groups is 2. The van der Waals surface area contributed by atoms with Gasteiger partial charge in [-0.05, 0) is 26.0 Å². The van der Waals surface area contributed by atoms with E-state index in [1.165, 1.54) is 5.69 Å². The van der Waals surface area contributed by atoms with E-state index < -0.39 is 0 Å². The minimum atomic E-state index is -0.296. The average molecular weight is 314 g/mol. The largest absolute Gasteiger partial charge is 0.367 e. The number of hydrogen-bond acceptors (Lipinski definition) is 4. The number of para-hydroxylation sites is 1. The van der Waals surface area contributed by atoms with Gasteiger partial charge in [-0.25, -0.2) is 5.43 Å². The molecule has 1 aromatic rings. The molecule has 1 fully saturated rings. The maximum Gasteiger partial charge on any atom is 0.270 e. The second kappa shape index (κ2) is 6.02. The molecule has 23 heavy (non-hydrogen) atoms. The Kier molecular flexibility index (Phi) is 4.07.